The highest BCUT2D eigenvalue weighted by Crippen LogP contribution is 2.28. The maximum Gasteiger partial charge on any atom is 0.167 e. The number of nitrogens with zero attached hydrogens (tertiary/aromatic N) is 3. The van der Waals surface area contributed by atoms with E-state index in [2.05, 4.69) is 25.9 Å². The zero-order valence-corrected chi connectivity index (χ0v) is 8.80. The maximum atomic E-state index is 4.22. The minimum absolute atomic E-state index is 0.770. The van der Waals surface area contributed by atoms with Crippen LogP contribution in [0.25, 0.3) is 10.2 Å². The zero-order valence-electron chi connectivity index (χ0n) is 7.98. The van der Waals surface area contributed by atoms with Crippen LogP contribution in [-0.4, -0.2) is 16.2 Å². The molecule has 0 aromatic carbocycles. The molecule has 4 nitrogen and oxygen atoms in total. The Morgan fingerprint density at radius 1 is 1.50 bits per heavy atom. The summed E-state index contributed by atoms with van der Waals surface area (Å²) in [6.45, 7) is 3.89. The van der Waals surface area contributed by atoms with Crippen molar-refractivity contribution in [2.75, 3.05) is 5.43 Å². The maximum absolute atomic E-state index is 4.22. The Labute approximate surface area is 85.7 Å². The molecule has 2 aromatic rings. The van der Waals surface area contributed by atoms with E-state index in [1.807, 2.05) is 13.8 Å². The van der Waals surface area contributed by atoms with E-state index in [0.717, 1.165) is 16.0 Å². The Morgan fingerprint density at radius 2 is 2.36 bits per heavy atom. The average Bonchev–Trinajstić information content (AvgIpc) is 2.58. The summed E-state index contributed by atoms with van der Waals surface area (Å²) in [6.07, 6.45) is 3.24. The molecule has 0 saturated heterocycles. The zero-order chi connectivity index (χ0) is 9.97. The van der Waals surface area contributed by atoms with Crippen molar-refractivity contribution in [2.24, 2.45) is 5.10 Å². The average molecular weight is 206 g/mol. The molecule has 2 heterocycles. The number of aryl methyl sites for hydroxylation is 1. The second kappa shape index (κ2) is 3.71. The van der Waals surface area contributed by atoms with Gasteiger partial charge in [-0.2, -0.15) is 5.10 Å². The molecule has 0 aliphatic rings. The third kappa shape index (κ3) is 1.46. The normalized spacial score (nSPS) is 11.3. The van der Waals surface area contributed by atoms with Gasteiger partial charge < -0.3 is 0 Å². The molecule has 0 unspecified atom stereocenters. The molecule has 1 N–H and O–H groups in total. The van der Waals surface area contributed by atoms with Crippen molar-refractivity contribution >= 4 is 33.6 Å². The van der Waals surface area contributed by atoms with E-state index in [1.54, 1.807) is 23.9 Å². The Balaban J connectivity index is 2.54. The number of hydrogen-bond acceptors (Lipinski definition) is 5. The van der Waals surface area contributed by atoms with E-state index in [-0.39, 0.29) is 0 Å². The Morgan fingerprint density at radius 3 is 3.14 bits per heavy atom. The fourth-order valence-electron chi connectivity index (χ4n) is 1.17. The van der Waals surface area contributed by atoms with Gasteiger partial charge in [0.2, 0.25) is 0 Å². The Kier molecular flexibility index (Phi) is 2.41. The van der Waals surface area contributed by atoms with E-state index < -0.39 is 0 Å². The molecular weight excluding hydrogens is 196 g/mol. The van der Waals surface area contributed by atoms with Crippen molar-refractivity contribution in [2.45, 2.75) is 13.8 Å². The number of rotatable bonds is 2. The van der Waals surface area contributed by atoms with Gasteiger partial charge in [0, 0.05) is 6.21 Å². The number of anilines is 1. The number of hydrogen-bond donors (Lipinski definition) is 1. The first kappa shape index (κ1) is 9.08. The van der Waals surface area contributed by atoms with Gasteiger partial charge in [-0.3, -0.25) is 5.43 Å². The topological polar surface area (TPSA) is 50.2 Å². The summed E-state index contributed by atoms with van der Waals surface area (Å²) in [5.41, 5.74) is 5.06. The van der Waals surface area contributed by atoms with E-state index in [0.29, 0.717) is 0 Å². The van der Waals surface area contributed by atoms with Crippen molar-refractivity contribution in [3.05, 3.63) is 17.3 Å². The van der Waals surface area contributed by atoms with Gasteiger partial charge in [0.15, 0.2) is 5.82 Å². The van der Waals surface area contributed by atoms with Crippen molar-refractivity contribution in [1.82, 2.24) is 9.97 Å². The van der Waals surface area contributed by atoms with Crippen LogP contribution in [0.15, 0.2) is 16.8 Å². The molecule has 0 saturated carbocycles. The summed E-state index contributed by atoms with van der Waals surface area (Å²) in [5, 5.41) is 6.01. The number of hydrazone groups is 1. The Bertz CT molecular complexity index is 475. The molecule has 0 aliphatic carbocycles. The van der Waals surface area contributed by atoms with Gasteiger partial charge in [0.05, 0.1) is 10.2 Å². The minimum Gasteiger partial charge on any atom is -0.260 e. The molecule has 0 atom stereocenters. The minimum atomic E-state index is 0.770. The van der Waals surface area contributed by atoms with Gasteiger partial charge in [-0.25, -0.2) is 9.97 Å². The summed E-state index contributed by atoms with van der Waals surface area (Å²) in [4.78, 5) is 8.35. The summed E-state index contributed by atoms with van der Waals surface area (Å²) >= 11 is 1.63. The van der Waals surface area contributed by atoms with Gasteiger partial charge in [-0.05, 0) is 24.8 Å². The smallest absolute Gasteiger partial charge is 0.167 e. The highest BCUT2D eigenvalue weighted by atomic mass is 32.1. The standard InChI is InChI=1S/C9H10N4S/c1-3-12-13-9-8-7(10-5-11-9)6(2)4-14-8/h3-5H,1-2H3,(H,10,11,13). The van der Waals surface area contributed by atoms with E-state index in [4.69, 9.17) is 0 Å². The molecule has 0 spiro atoms. The molecule has 0 bridgehead atoms. The second-order valence-corrected chi connectivity index (χ2v) is 3.70. The van der Waals surface area contributed by atoms with Gasteiger partial charge >= 0.3 is 0 Å². The second-order valence-electron chi connectivity index (χ2n) is 2.82. The molecule has 5 heteroatoms. The lowest BCUT2D eigenvalue weighted by Crippen LogP contribution is -1.92. The highest BCUT2D eigenvalue weighted by molar-refractivity contribution is 7.17. The van der Waals surface area contributed by atoms with Crippen LogP contribution in [0.4, 0.5) is 5.82 Å². The van der Waals surface area contributed by atoms with E-state index in [9.17, 15) is 0 Å². The van der Waals surface area contributed by atoms with Crippen LogP contribution in [0.3, 0.4) is 0 Å². The highest BCUT2D eigenvalue weighted by Gasteiger charge is 2.06. The lowest BCUT2D eigenvalue weighted by Gasteiger charge is -1.99. The van der Waals surface area contributed by atoms with Crippen molar-refractivity contribution in [3.8, 4) is 0 Å². The lowest BCUT2D eigenvalue weighted by molar-refractivity contribution is 1.18. The van der Waals surface area contributed by atoms with Crippen LogP contribution in [0, 0.1) is 6.92 Å². The van der Waals surface area contributed by atoms with Gasteiger partial charge in [0.1, 0.15) is 6.33 Å². The largest absolute Gasteiger partial charge is 0.260 e. The molecular formula is C9H10N4S. The van der Waals surface area contributed by atoms with Crippen molar-refractivity contribution in [3.63, 3.8) is 0 Å². The summed E-state index contributed by atoms with van der Waals surface area (Å²) < 4.78 is 1.05. The SMILES string of the molecule is CC=NNc1ncnc2c(C)csc12. The first-order valence-corrected chi connectivity index (χ1v) is 5.13. The van der Waals surface area contributed by atoms with Crippen LogP contribution in [0.1, 0.15) is 12.5 Å². The van der Waals surface area contributed by atoms with Crippen LogP contribution in [0.2, 0.25) is 0 Å². The van der Waals surface area contributed by atoms with Crippen LogP contribution in [-0.2, 0) is 0 Å². The molecule has 2 rings (SSSR count). The van der Waals surface area contributed by atoms with Gasteiger partial charge in [-0.1, -0.05) is 0 Å². The summed E-state index contributed by atoms with van der Waals surface area (Å²) in [6, 6.07) is 0. The first-order chi connectivity index (χ1) is 6.83. The van der Waals surface area contributed by atoms with Crippen molar-refractivity contribution in [1.29, 1.82) is 0 Å². The summed E-state index contributed by atoms with van der Waals surface area (Å²) in [7, 11) is 0. The van der Waals surface area contributed by atoms with E-state index in [1.165, 1.54) is 5.56 Å². The summed E-state index contributed by atoms with van der Waals surface area (Å²) in [5.74, 6) is 0.770. The third-order valence-corrected chi connectivity index (χ3v) is 2.92. The van der Waals surface area contributed by atoms with Crippen LogP contribution < -0.4 is 5.43 Å². The predicted molar refractivity (Wildman–Crippen MR) is 59.9 cm³/mol. The Hall–Kier alpha value is -1.49. The third-order valence-electron chi connectivity index (χ3n) is 1.83. The predicted octanol–water partition coefficient (Wildman–Crippen LogP) is 2.42. The monoisotopic (exact) mass is 206 g/mol. The lowest BCUT2D eigenvalue weighted by atomic mass is 10.3. The fourth-order valence-corrected chi connectivity index (χ4v) is 2.12. The number of aromatic nitrogens is 2. The quantitative estimate of drug-likeness (QED) is 0.606. The molecule has 0 radical (unpaired) electrons. The molecule has 2 aromatic heterocycles. The number of fused-ring (bicyclic) bond motifs is 1. The first-order valence-electron chi connectivity index (χ1n) is 4.25. The number of nitrogens with one attached hydrogen (secondary N) is 1. The molecule has 0 aliphatic heterocycles. The molecule has 0 amide bonds. The van der Waals surface area contributed by atoms with Gasteiger partial charge in [0.25, 0.3) is 0 Å². The van der Waals surface area contributed by atoms with E-state index >= 15 is 0 Å². The molecule has 72 valence electrons. The van der Waals surface area contributed by atoms with Crippen LogP contribution in [0.5, 0.6) is 0 Å². The molecule has 14 heavy (non-hydrogen) atoms. The van der Waals surface area contributed by atoms with Crippen molar-refractivity contribution < 1.29 is 0 Å². The van der Waals surface area contributed by atoms with Gasteiger partial charge in [-0.15, -0.1) is 11.3 Å². The fraction of sp³-hybridized carbons (Fsp3) is 0.222. The van der Waals surface area contributed by atoms with Crippen LogP contribution >= 0.6 is 11.3 Å². The molecule has 0 fully saturated rings. The number of thiophene rings is 1.